The molecule has 0 unspecified atom stereocenters. The van der Waals surface area contributed by atoms with Gasteiger partial charge in [-0.05, 0) is 83.0 Å². The average Bonchev–Trinajstić information content (AvgIpc) is 3.66. The number of rotatable bonds is 10. The number of hydrogen-bond acceptors (Lipinski definition) is 6. The summed E-state index contributed by atoms with van der Waals surface area (Å²) in [4.78, 5) is 9.36. The van der Waals surface area contributed by atoms with Crippen LogP contribution in [0, 0.1) is 12.3 Å². The van der Waals surface area contributed by atoms with Crippen LogP contribution in [0.25, 0.3) is 10.9 Å². The van der Waals surface area contributed by atoms with Crippen molar-refractivity contribution < 1.29 is 18.3 Å². The zero-order chi connectivity index (χ0) is 28.1. The molecule has 2 aromatic rings. The van der Waals surface area contributed by atoms with Crippen LogP contribution in [0.5, 0.6) is 11.5 Å². The van der Waals surface area contributed by atoms with Gasteiger partial charge in [0, 0.05) is 54.6 Å². The van der Waals surface area contributed by atoms with E-state index in [0.717, 1.165) is 80.0 Å². The lowest BCUT2D eigenvalue weighted by molar-refractivity contribution is 0.254. The smallest absolute Gasteiger partial charge is 0.178 e. The van der Waals surface area contributed by atoms with Crippen molar-refractivity contribution in [3.05, 3.63) is 46.8 Å². The highest BCUT2D eigenvalue weighted by atomic mass is 19.2. The first-order valence-electron chi connectivity index (χ1n) is 14.6. The van der Waals surface area contributed by atoms with Crippen LogP contribution in [0.2, 0.25) is 0 Å². The van der Waals surface area contributed by atoms with Gasteiger partial charge in [0.05, 0.1) is 24.9 Å². The summed E-state index contributed by atoms with van der Waals surface area (Å²) >= 11 is 0. The molecule has 40 heavy (non-hydrogen) atoms. The molecule has 6 nitrogen and oxygen atoms in total. The van der Waals surface area contributed by atoms with Crippen LogP contribution in [-0.2, 0) is 12.8 Å². The Morgan fingerprint density at radius 1 is 1.12 bits per heavy atom. The topological polar surface area (TPSA) is 49.9 Å². The first-order chi connectivity index (χ1) is 19.5. The van der Waals surface area contributed by atoms with Crippen LogP contribution in [0.15, 0.2) is 35.6 Å². The predicted molar refractivity (Wildman–Crippen MR) is 156 cm³/mol. The maximum Gasteiger partial charge on any atom is 0.178 e. The number of terminal acetylenes is 1. The summed E-state index contributed by atoms with van der Waals surface area (Å²) < 4.78 is 40.0. The van der Waals surface area contributed by atoms with Crippen LogP contribution >= 0.6 is 0 Å². The molecule has 0 bridgehead atoms. The molecular formula is C32H40F2N4O2. The highest BCUT2D eigenvalue weighted by Crippen LogP contribution is 2.40. The van der Waals surface area contributed by atoms with Gasteiger partial charge in [0.15, 0.2) is 17.3 Å². The third kappa shape index (κ3) is 6.20. The van der Waals surface area contributed by atoms with Crippen LogP contribution < -0.4 is 14.8 Å². The van der Waals surface area contributed by atoms with E-state index in [1.54, 1.807) is 7.11 Å². The molecule has 1 aromatic heterocycles. The van der Waals surface area contributed by atoms with Crippen molar-refractivity contribution in [2.45, 2.75) is 64.3 Å². The third-order valence-electron chi connectivity index (χ3n) is 8.30. The Morgan fingerprint density at radius 3 is 2.60 bits per heavy atom. The molecule has 5 rings (SSSR count). The summed E-state index contributed by atoms with van der Waals surface area (Å²) in [6.45, 7) is 6.36. The van der Waals surface area contributed by atoms with Crippen LogP contribution in [0.3, 0.4) is 0 Å². The van der Waals surface area contributed by atoms with E-state index < -0.39 is 11.7 Å². The Hall–Kier alpha value is -3.31. The van der Waals surface area contributed by atoms with E-state index in [-0.39, 0.29) is 11.7 Å². The van der Waals surface area contributed by atoms with Crippen molar-refractivity contribution in [2.75, 3.05) is 51.8 Å². The standard InChI is InChI=1S/C32H40F2N4O2/c1-4-9-28(31(34)22(2)33)38-17-12-23(13-18-38)35-32-24-10-7-11-26(24)36-27-21-30(29(39-3)20-25(27)32)40-19-8-16-37-14-5-6-15-37/h1,9,20-21,23H,5-8,10-19H2,2-3H3,(H,35,36)/b28-9+,31-22-. The quantitative estimate of drug-likeness (QED) is 0.217. The van der Waals surface area contributed by atoms with E-state index in [4.69, 9.17) is 20.9 Å². The van der Waals surface area contributed by atoms with Gasteiger partial charge in [0.1, 0.15) is 5.83 Å². The van der Waals surface area contributed by atoms with Crippen molar-refractivity contribution in [3.8, 4) is 23.8 Å². The summed E-state index contributed by atoms with van der Waals surface area (Å²) in [5.41, 5.74) is 4.57. The second-order valence-corrected chi connectivity index (χ2v) is 11.0. The van der Waals surface area contributed by atoms with Crippen molar-refractivity contribution in [1.82, 2.24) is 14.8 Å². The molecule has 0 radical (unpaired) electrons. The van der Waals surface area contributed by atoms with Crippen molar-refractivity contribution in [3.63, 3.8) is 0 Å². The number of ether oxygens (including phenoxy) is 2. The number of likely N-dealkylation sites (tertiary alicyclic amines) is 2. The molecule has 2 aliphatic heterocycles. The molecule has 2 fully saturated rings. The molecule has 214 valence electrons. The molecule has 1 aliphatic carbocycles. The van der Waals surface area contributed by atoms with Crippen molar-refractivity contribution in [2.24, 2.45) is 0 Å². The third-order valence-corrected chi connectivity index (χ3v) is 8.30. The number of benzene rings is 1. The number of nitrogens with one attached hydrogen (secondary N) is 1. The van der Waals surface area contributed by atoms with E-state index in [9.17, 15) is 8.78 Å². The predicted octanol–water partition coefficient (Wildman–Crippen LogP) is 6.16. The number of halogens is 2. The fourth-order valence-corrected chi connectivity index (χ4v) is 6.20. The zero-order valence-electron chi connectivity index (χ0n) is 23.7. The lowest BCUT2D eigenvalue weighted by Crippen LogP contribution is -2.39. The zero-order valence-corrected chi connectivity index (χ0v) is 23.7. The maximum absolute atomic E-state index is 14.5. The SMILES string of the molecule is C#C/C=C(\C(F)=C(/C)F)N1CCC(Nc2c3c(nc4cc(OCCCN5CCCC5)c(OC)cc24)CCC3)CC1. The maximum atomic E-state index is 14.5. The minimum Gasteiger partial charge on any atom is -0.493 e. The normalized spacial score (nSPS) is 19.0. The molecule has 0 atom stereocenters. The van der Waals surface area contributed by atoms with Crippen molar-refractivity contribution in [1.29, 1.82) is 0 Å². The molecule has 3 heterocycles. The fraction of sp³-hybridized carbons (Fsp3) is 0.531. The highest BCUT2D eigenvalue weighted by molar-refractivity contribution is 5.96. The Labute approximate surface area is 236 Å². The molecule has 8 heteroatoms. The number of methoxy groups -OCH3 is 1. The molecule has 0 spiro atoms. The Balaban J connectivity index is 1.33. The van der Waals surface area contributed by atoms with E-state index in [2.05, 4.69) is 16.1 Å². The summed E-state index contributed by atoms with van der Waals surface area (Å²) in [6.07, 6.45) is 14.9. The van der Waals surface area contributed by atoms with Gasteiger partial charge in [0.2, 0.25) is 0 Å². The Kier molecular flexibility index (Phi) is 9.11. The van der Waals surface area contributed by atoms with Gasteiger partial charge in [-0.1, -0.05) is 5.92 Å². The molecule has 0 amide bonds. The fourth-order valence-electron chi connectivity index (χ4n) is 6.20. The van der Waals surface area contributed by atoms with Crippen molar-refractivity contribution >= 4 is 16.6 Å². The second-order valence-electron chi connectivity index (χ2n) is 11.0. The van der Waals surface area contributed by atoms with E-state index in [0.29, 0.717) is 25.4 Å². The number of nitrogens with zero attached hydrogens (tertiary/aromatic N) is 3. The van der Waals surface area contributed by atoms with Gasteiger partial charge in [-0.25, -0.2) is 8.78 Å². The first kappa shape index (κ1) is 28.2. The van der Waals surface area contributed by atoms with Gasteiger partial charge >= 0.3 is 0 Å². The number of aryl methyl sites for hydroxylation is 1. The van der Waals surface area contributed by atoms with E-state index in [1.807, 2.05) is 17.0 Å². The molecule has 3 aliphatic rings. The first-order valence-corrected chi connectivity index (χ1v) is 14.6. The number of fused-ring (bicyclic) bond motifs is 2. The molecule has 1 aromatic carbocycles. The van der Waals surface area contributed by atoms with Crippen LogP contribution in [-0.4, -0.2) is 67.3 Å². The van der Waals surface area contributed by atoms with Gasteiger partial charge in [0.25, 0.3) is 0 Å². The highest BCUT2D eigenvalue weighted by Gasteiger charge is 2.27. The average molecular weight is 551 g/mol. The largest absolute Gasteiger partial charge is 0.493 e. The number of allylic oxidation sites excluding steroid dienone is 3. The summed E-state index contributed by atoms with van der Waals surface area (Å²) in [7, 11) is 1.68. The lowest BCUT2D eigenvalue weighted by Gasteiger charge is -2.35. The van der Waals surface area contributed by atoms with Gasteiger partial charge in [-0.2, -0.15) is 0 Å². The molecule has 0 saturated carbocycles. The van der Waals surface area contributed by atoms with Gasteiger partial charge in [-0.15, -0.1) is 6.42 Å². The molecule has 1 N–H and O–H groups in total. The summed E-state index contributed by atoms with van der Waals surface area (Å²) in [5, 5.41) is 4.84. The Bertz CT molecular complexity index is 1310. The van der Waals surface area contributed by atoms with E-state index >= 15 is 0 Å². The summed E-state index contributed by atoms with van der Waals surface area (Å²) in [5.74, 6) is 2.05. The number of aromatic nitrogens is 1. The minimum atomic E-state index is -0.886. The van der Waals surface area contributed by atoms with Crippen LogP contribution in [0.1, 0.15) is 56.7 Å². The monoisotopic (exact) mass is 550 g/mol. The van der Waals surface area contributed by atoms with Gasteiger partial charge < -0.3 is 24.6 Å². The second kappa shape index (κ2) is 12.9. The number of piperidine rings is 1. The minimum absolute atomic E-state index is 0.147. The molecular weight excluding hydrogens is 510 g/mol. The number of hydrogen-bond donors (Lipinski definition) is 1. The molecule has 2 saturated heterocycles. The Morgan fingerprint density at radius 2 is 1.90 bits per heavy atom. The van der Waals surface area contributed by atoms with Gasteiger partial charge in [-0.3, -0.25) is 4.98 Å². The summed E-state index contributed by atoms with van der Waals surface area (Å²) in [6, 6.07) is 4.25. The van der Waals surface area contributed by atoms with E-state index in [1.165, 1.54) is 37.6 Å². The number of anilines is 1. The van der Waals surface area contributed by atoms with Crippen LogP contribution in [0.4, 0.5) is 14.5 Å². The lowest BCUT2D eigenvalue weighted by atomic mass is 10.0. The number of pyridine rings is 1.